The Bertz CT molecular complexity index is 504. The lowest BCUT2D eigenvalue weighted by Crippen LogP contribution is -2.40. The average molecular weight is 278 g/mol. The van der Waals surface area contributed by atoms with E-state index >= 15 is 0 Å². The third-order valence-corrected chi connectivity index (χ3v) is 3.37. The van der Waals surface area contributed by atoms with Crippen LogP contribution in [0.25, 0.3) is 0 Å². The predicted molar refractivity (Wildman–Crippen MR) is 71.9 cm³/mol. The molecule has 0 radical (unpaired) electrons. The summed E-state index contributed by atoms with van der Waals surface area (Å²) in [4.78, 5) is 22.8. The van der Waals surface area contributed by atoms with E-state index in [9.17, 15) is 9.59 Å². The Morgan fingerprint density at radius 3 is 2.60 bits per heavy atom. The van der Waals surface area contributed by atoms with E-state index in [1.54, 1.807) is 12.1 Å². The standard InChI is InChI=1S/C14H18N2O4/c15-12-8-20-7-11(12)14(19)16-6-10-4-2-1-3-9(10)5-13(17)18/h1-4,11-12H,5-8,15H2,(H,16,19)(H,17,18). The molecule has 1 fully saturated rings. The van der Waals surface area contributed by atoms with Crippen molar-refractivity contribution in [2.75, 3.05) is 13.2 Å². The number of carbonyl (C=O) groups is 2. The maximum Gasteiger partial charge on any atom is 0.307 e. The Hall–Kier alpha value is -1.92. The molecule has 1 saturated heterocycles. The number of carbonyl (C=O) groups excluding carboxylic acids is 1. The monoisotopic (exact) mass is 278 g/mol. The van der Waals surface area contributed by atoms with Gasteiger partial charge in [0.2, 0.25) is 5.91 Å². The number of rotatable bonds is 5. The quantitative estimate of drug-likeness (QED) is 0.698. The van der Waals surface area contributed by atoms with Crippen LogP contribution in [0.1, 0.15) is 11.1 Å². The maximum atomic E-state index is 12.0. The van der Waals surface area contributed by atoms with Crippen LogP contribution < -0.4 is 11.1 Å². The molecule has 0 spiro atoms. The summed E-state index contributed by atoms with van der Waals surface area (Å²) in [6, 6.07) is 6.88. The van der Waals surface area contributed by atoms with Crippen molar-refractivity contribution in [2.24, 2.45) is 11.7 Å². The van der Waals surface area contributed by atoms with Gasteiger partial charge in [-0.05, 0) is 11.1 Å². The molecule has 1 amide bonds. The SMILES string of the molecule is NC1COCC1C(=O)NCc1ccccc1CC(=O)O. The number of nitrogens with two attached hydrogens (primary N) is 1. The molecule has 2 unspecified atom stereocenters. The molecule has 6 heteroatoms. The summed E-state index contributed by atoms with van der Waals surface area (Å²) in [5.41, 5.74) is 7.28. The first kappa shape index (κ1) is 14.5. The first-order valence-electron chi connectivity index (χ1n) is 6.47. The molecule has 2 rings (SSSR count). The molecule has 1 heterocycles. The van der Waals surface area contributed by atoms with E-state index in [0.29, 0.717) is 25.3 Å². The minimum absolute atomic E-state index is 0.0574. The molecule has 0 saturated carbocycles. The average Bonchev–Trinajstić information content (AvgIpc) is 2.83. The van der Waals surface area contributed by atoms with Crippen LogP contribution in [-0.4, -0.2) is 36.2 Å². The number of carboxylic acids is 1. The van der Waals surface area contributed by atoms with Gasteiger partial charge in [0.1, 0.15) is 0 Å². The summed E-state index contributed by atoms with van der Waals surface area (Å²) in [6.45, 7) is 1.03. The summed E-state index contributed by atoms with van der Waals surface area (Å²) in [5.74, 6) is -1.38. The first-order chi connectivity index (χ1) is 9.58. The largest absolute Gasteiger partial charge is 0.481 e. The van der Waals surface area contributed by atoms with Gasteiger partial charge in [-0.15, -0.1) is 0 Å². The summed E-state index contributed by atoms with van der Waals surface area (Å²) in [6.07, 6.45) is -0.0574. The highest BCUT2D eigenvalue weighted by Gasteiger charge is 2.31. The summed E-state index contributed by atoms with van der Waals surface area (Å²) in [7, 11) is 0. The second-order valence-corrected chi connectivity index (χ2v) is 4.86. The van der Waals surface area contributed by atoms with Crippen molar-refractivity contribution >= 4 is 11.9 Å². The van der Waals surface area contributed by atoms with Crippen molar-refractivity contribution in [3.8, 4) is 0 Å². The summed E-state index contributed by atoms with van der Waals surface area (Å²) < 4.78 is 5.16. The Kier molecular flexibility index (Phi) is 4.70. The van der Waals surface area contributed by atoms with E-state index < -0.39 is 5.97 Å². The van der Waals surface area contributed by atoms with Crippen molar-refractivity contribution in [2.45, 2.75) is 19.0 Å². The lowest BCUT2D eigenvalue weighted by Gasteiger charge is -2.14. The number of ether oxygens (including phenoxy) is 1. The third-order valence-electron chi connectivity index (χ3n) is 3.37. The van der Waals surface area contributed by atoms with E-state index in [-0.39, 0.29) is 24.3 Å². The zero-order valence-electron chi connectivity index (χ0n) is 11.0. The minimum atomic E-state index is -0.894. The second kappa shape index (κ2) is 6.49. The van der Waals surface area contributed by atoms with Gasteiger partial charge in [0.15, 0.2) is 0 Å². The fraction of sp³-hybridized carbons (Fsp3) is 0.429. The lowest BCUT2D eigenvalue weighted by molar-refractivity contribution is -0.136. The molecule has 2 atom stereocenters. The Balaban J connectivity index is 1.96. The molecule has 0 bridgehead atoms. The number of nitrogens with one attached hydrogen (secondary N) is 1. The molecular weight excluding hydrogens is 260 g/mol. The zero-order valence-corrected chi connectivity index (χ0v) is 11.0. The number of carboxylic acid groups (broad SMARTS) is 1. The fourth-order valence-corrected chi connectivity index (χ4v) is 2.22. The van der Waals surface area contributed by atoms with Crippen molar-refractivity contribution in [1.29, 1.82) is 0 Å². The number of hydrogen-bond donors (Lipinski definition) is 3. The lowest BCUT2D eigenvalue weighted by atomic mass is 10.0. The number of amides is 1. The molecule has 4 N–H and O–H groups in total. The van der Waals surface area contributed by atoms with Gasteiger partial charge in [-0.2, -0.15) is 0 Å². The van der Waals surface area contributed by atoms with E-state index in [4.69, 9.17) is 15.6 Å². The molecule has 108 valence electrons. The van der Waals surface area contributed by atoms with Crippen molar-refractivity contribution < 1.29 is 19.4 Å². The van der Waals surface area contributed by atoms with E-state index in [1.807, 2.05) is 12.1 Å². The molecule has 1 aromatic carbocycles. The van der Waals surface area contributed by atoms with Gasteiger partial charge in [0.05, 0.1) is 25.6 Å². The third kappa shape index (κ3) is 3.55. The van der Waals surface area contributed by atoms with Crippen LogP contribution in [0.3, 0.4) is 0 Å². The summed E-state index contributed by atoms with van der Waals surface area (Å²) >= 11 is 0. The van der Waals surface area contributed by atoms with Gasteiger partial charge in [0.25, 0.3) is 0 Å². The van der Waals surface area contributed by atoms with Crippen molar-refractivity contribution in [3.63, 3.8) is 0 Å². The minimum Gasteiger partial charge on any atom is -0.481 e. The van der Waals surface area contributed by atoms with Gasteiger partial charge in [-0.3, -0.25) is 9.59 Å². The van der Waals surface area contributed by atoms with Crippen molar-refractivity contribution in [1.82, 2.24) is 5.32 Å². The molecule has 6 nitrogen and oxygen atoms in total. The van der Waals surface area contributed by atoms with Crippen LogP contribution in [0.5, 0.6) is 0 Å². The van der Waals surface area contributed by atoms with E-state index in [0.717, 1.165) is 5.56 Å². The molecule has 1 aromatic rings. The van der Waals surface area contributed by atoms with Crippen LogP contribution in [0, 0.1) is 5.92 Å². The first-order valence-corrected chi connectivity index (χ1v) is 6.47. The normalized spacial score (nSPS) is 21.6. The molecule has 1 aliphatic rings. The summed E-state index contributed by atoms with van der Waals surface area (Å²) in [5, 5.41) is 11.6. The Labute approximate surface area is 116 Å². The molecular formula is C14H18N2O4. The smallest absolute Gasteiger partial charge is 0.307 e. The number of hydrogen-bond acceptors (Lipinski definition) is 4. The highest BCUT2D eigenvalue weighted by molar-refractivity contribution is 5.80. The molecule has 0 aromatic heterocycles. The van der Waals surface area contributed by atoms with Crippen LogP contribution in [0.15, 0.2) is 24.3 Å². The highest BCUT2D eigenvalue weighted by atomic mass is 16.5. The Morgan fingerprint density at radius 2 is 2.00 bits per heavy atom. The number of benzene rings is 1. The van der Waals surface area contributed by atoms with Gasteiger partial charge in [-0.25, -0.2) is 0 Å². The Morgan fingerprint density at radius 1 is 1.30 bits per heavy atom. The topological polar surface area (TPSA) is 102 Å². The van der Waals surface area contributed by atoms with Crippen molar-refractivity contribution in [3.05, 3.63) is 35.4 Å². The van der Waals surface area contributed by atoms with Crippen LogP contribution in [0.2, 0.25) is 0 Å². The van der Waals surface area contributed by atoms with Gasteiger partial charge in [0, 0.05) is 12.6 Å². The van der Waals surface area contributed by atoms with Gasteiger partial charge >= 0.3 is 5.97 Å². The molecule has 1 aliphatic heterocycles. The number of aliphatic carboxylic acids is 1. The molecule has 20 heavy (non-hydrogen) atoms. The van der Waals surface area contributed by atoms with Crippen LogP contribution in [0.4, 0.5) is 0 Å². The van der Waals surface area contributed by atoms with Gasteiger partial charge in [-0.1, -0.05) is 24.3 Å². The van der Waals surface area contributed by atoms with Crippen LogP contribution >= 0.6 is 0 Å². The maximum absolute atomic E-state index is 12.0. The molecule has 0 aliphatic carbocycles. The van der Waals surface area contributed by atoms with Crippen LogP contribution in [-0.2, 0) is 27.3 Å². The highest BCUT2D eigenvalue weighted by Crippen LogP contribution is 2.13. The van der Waals surface area contributed by atoms with Gasteiger partial charge < -0.3 is 20.9 Å². The van der Waals surface area contributed by atoms with E-state index in [2.05, 4.69) is 5.32 Å². The fourth-order valence-electron chi connectivity index (χ4n) is 2.22. The zero-order chi connectivity index (χ0) is 14.5. The predicted octanol–water partition coefficient (Wildman–Crippen LogP) is -0.0964. The second-order valence-electron chi connectivity index (χ2n) is 4.86. The van der Waals surface area contributed by atoms with E-state index in [1.165, 1.54) is 0 Å².